The van der Waals surface area contributed by atoms with Gasteiger partial charge in [-0.25, -0.2) is 4.39 Å². The first kappa shape index (κ1) is 11.6. The van der Waals surface area contributed by atoms with Gasteiger partial charge in [-0.15, -0.1) is 0 Å². The Labute approximate surface area is 77.9 Å². The normalized spacial score (nSPS) is 13.2. The van der Waals surface area contributed by atoms with Crippen molar-refractivity contribution >= 4 is 0 Å². The lowest BCUT2D eigenvalue weighted by atomic mass is 9.96. The molecular weight excluding hydrogens is 167 g/mol. The largest absolute Gasteiger partial charge is 0.330 e. The topological polar surface area (TPSA) is 49.8 Å². The van der Waals surface area contributed by atoms with Gasteiger partial charge in [0.15, 0.2) is 0 Å². The van der Waals surface area contributed by atoms with E-state index in [-0.39, 0.29) is 11.5 Å². The van der Waals surface area contributed by atoms with Crippen LogP contribution >= 0.6 is 0 Å². The summed E-state index contributed by atoms with van der Waals surface area (Å²) in [6, 6.07) is 1.85. The molecule has 2 nitrogen and oxygen atoms in total. The monoisotopic (exact) mass is 180 g/mol. The number of nitrogens with zero attached hydrogens (tertiary/aromatic N) is 1. The average molecular weight is 180 g/mol. The minimum atomic E-state index is -0.651. The molecule has 0 fully saturated rings. The SMILES string of the molecule is C=C(F)/C=C(/C#N)C(=C)C(C)CN. The molecule has 0 rings (SSSR count). The maximum absolute atomic E-state index is 12.4. The van der Waals surface area contributed by atoms with Crippen LogP contribution in [0.5, 0.6) is 0 Å². The highest BCUT2D eigenvalue weighted by atomic mass is 19.1. The molecule has 0 aromatic rings. The molecular formula is C10H13FN2. The van der Waals surface area contributed by atoms with Crippen LogP contribution in [0.25, 0.3) is 0 Å². The number of rotatable bonds is 4. The number of nitrogens with two attached hydrogens (primary N) is 1. The van der Waals surface area contributed by atoms with E-state index < -0.39 is 5.83 Å². The van der Waals surface area contributed by atoms with Crippen LogP contribution in [-0.2, 0) is 0 Å². The van der Waals surface area contributed by atoms with Gasteiger partial charge >= 0.3 is 0 Å². The predicted octanol–water partition coefficient (Wildman–Crippen LogP) is 2.07. The average Bonchev–Trinajstić information content (AvgIpc) is 2.11. The molecule has 0 bridgehead atoms. The number of halogens is 1. The van der Waals surface area contributed by atoms with Gasteiger partial charge in [-0.3, -0.25) is 0 Å². The Bertz CT molecular complexity index is 284. The molecule has 0 aliphatic heterocycles. The smallest absolute Gasteiger partial charge is 0.117 e. The van der Waals surface area contributed by atoms with E-state index in [2.05, 4.69) is 13.2 Å². The van der Waals surface area contributed by atoms with Crippen molar-refractivity contribution < 1.29 is 4.39 Å². The van der Waals surface area contributed by atoms with Gasteiger partial charge in [0.2, 0.25) is 0 Å². The van der Waals surface area contributed by atoms with Crippen molar-refractivity contribution in [2.45, 2.75) is 6.92 Å². The Kier molecular flexibility index (Phi) is 4.71. The summed E-state index contributed by atoms with van der Waals surface area (Å²) >= 11 is 0. The summed E-state index contributed by atoms with van der Waals surface area (Å²) in [7, 11) is 0. The van der Waals surface area contributed by atoms with E-state index in [0.29, 0.717) is 12.1 Å². The lowest BCUT2D eigenvalue weighted by Gasteiger charge is -2.10. The molecule has 2 N–H and O–H groups in total. The first-order valence-electron chi connectivity index (χ1n) is 3.88. The van der Waals surface area contributed by atoms with E-state index in [0.717, 1.165) is 6.08 Å². The molecule has 0 saturated heterocycles. The van der Waals surface area contributed by atoms with E-state index in [4.69, 9.17) is 11.0 Å². The van der Waals surface area contributed by atoms with Gasteiger partial charge in [0.05, 0.1) is 11.6 Å². The Morgan fingerprint density at radius 1 is 1.69 bits per heavy atom. The predicted molar refractivity (Wildman–Crippen MR) is 51.3 cm³/mol. The fraction of sp³-hybridized carbons (Fsp3) is 0.300. The summed E-state index contributed by atoms with van der Waals surface area (Å²) in [6.45, 7) is 8.93. The summed E-state index contributed by atoms with van der Waals surface area (Å²) in [6.07, 6.45) is 1.06. The highest BCUT2D eigenvalue weighted by Crippen LogP contribution is 2.17. The van der Waals surface area contributed by atoms with Gasteiger partial charge in [-0.05, 0) is 24.1 Å². The second-order valence-electron chi connectivity index (χ2n) is 2.78. The van der Waals surface area contributed by atoms with Crippen LogP contribution in [-0.4, -0.2) is 6.54 Å². The summed E-state index contributed by atoms with van der Waals surface area (Å²) in [5.41, 5.74) is 6.13. The zero-order valence-electron chi connectivity index (χ0n) is 7.68. The molecule has 70 valence electrons. The molecule has 0 amide bonds. The van der Waals surface area contributed by atoms with Gasteiger partial charge in [-0.1, -0.05) is 20.1 Å². The highest BCUT2D eigenvalue weighted by Gasteiger charge is 2.09. The summed E-state index contributed by atoms with van der Waals surface area (Å²) in [5, 5.41) is 8.66. The molecule has 0 aliphatic carbocycles. The maximum atomic E-state index is 12.4. The van der Waals surface area contributed by atoms with Crippen molar-refractivity contribution in [1.29, 1.82) is 5.26 Å². The summed E-state index contributed by atoms with van der Waals surface area (Å²) in [5.74, 6) is -0.674. The Balaban J connectivity index is 4.72. The molecule has 1 atom stereocenters. The van der Waals surface area contributed by atoms with Crippen molar-refractivity contribution in [3.05, 3.63) is 36.2 Å². The maximum Gasteiger partial charge on any atom is 0.117 e. The third kappa shape index (κ3) is 3.68. The summed E-state index contributed by atoms with van der Waals surface area (Å²) < 4.78 is 12.4. The fourth-order valence-corrected chi connectivity index (χ4v) is 0.761. The van der Waals surface area contributed by atoms with Crippen molar-refractivity contribution in [2.75, 3.05) is 6.54 Å². The minimum absolute atomic E-state index is 0.0229. The van der Waals surface area contributed by atoms with Gasteiger partial charge in [0, 0.05) is 0 Å². The van der Waals surface area contributed by atoms with E-state index in [1.54, 1.807) is 0 Å². The zero-order valence-corrected chi connectivity index (χ0v) is 7.68. The van der Waals surface area contributed by atoms with Crippen LogP contribution in [0.1, 0.15) is 6.92 Å². The van der Waals surface area contributed by atoms with E-state index in [1.807, 2.05) is 13.0 Å². The van der Waals surface area contributed by atoms with Gasteiger partial charge < -0.3 is 5.73 Å². The van der Waals surface area contributed by atoms with Crippen molar-refractivity contribution in [3.63, 3.8) is 0 Å². The van der Waals surface area contributed by atoms with Crippen LogP contribution in [0.2, 0.25) is 0 Å². The van der Waals surface area contributed by atoms with Crippen LogP contribution in [0.15, 0.2) is 36.2 Å². The van der Waals surface area contributed by atoms with Crippen molar-refractivity contribution in [3.8, 4) is 6.07 Å². The number of hydrogen-bond donors (Lipinski definition) is 1. The standard InChI is InChI=1S/C10H13FN2/c1-7(5-12)9(3)10(6-13)4-8(2)11/h4,7H,2-3,5,12H2,1H3/b10-4-. The van der Waals surface area contributed by atoms with Crippen LogP contribution in [0, 0.1) is 17.2 Å². The first-order chi connectivity index (χ1) is 6.02. The molecule has 0 heterocycles. The van der Waals surface area contributed by atoms with E-state index in [1.165, 1.54) is 0 Å². The Morgan fingerprint density at radius 2 is 2.23 bits per heavy atom. The van der Waals surface area contributed by atoms with Crippen LogP contribution < -0.4 is 5.73 Å². The van der Waals surface area contributed by atoms with E-state index in [9.17, 15) is 4.39 Å². The molecule has 0 radical (unpaired) electrons. The molecule has 0 aromatic carbocycles. The van der Waals surface area contributed by atoms with Crippen LogP contribution in [0.4, 0.5) is 4.39 Å². The number of nitriles is 1. The van der Waals surface area contributed by atoms with E-state index >= 15 is 0 Å². The summed E-state index contributed by atoms with van der Waals surface area (Å²) in [4.78, 5) is 0. The molecule has 0 saturated carbocycles. The molecule has 3 heteroatoms. The molecule has 13 heavy (non-hydrogen) atoms. The van der Waals surface area contributed by atoms with Crippen LogP contribution in [0.3, 0.4) is 0 Å². The fourth-order valence-electron chi connectivity index (χ4n) is 0.761. The molecule has 0 aliphatic rings. The zero-order chi connectivity index (χ0) is 10.4. The second kappa shape index (κ2) is 5.28. The molecule has 0 aromatic heterocycles. The molecule has 0 spiro atoms. The lowest BCUT2D eigenvalue weighted by Crippen LogP contribution is -2.13. The first-order valence-corrected chi connectivity index (χ1v) is 3.88. The van der Waals surface area contributed by atoms with Gasteiger partial charge in [0.1, 0.15) is 5.83 Å². The third-order valence-corrected chi connectivity index (χ3v) is 1.72. The third-order valence-electron chi connectivity index (χ3n) is 1.72. The second-order valence-corrected chi connectivity index (χ2v) is 2.78. The minimum Gasteiger partial charge on any atom is -0.330 e. The van der Waals surface area contributed by atoms with Gasteiger partial charge in [-0.2, -0.15) is 5.26 Å². The lowest BCUT2D eigenvalue weighted by molar-refractivity contribution is 0.667. The number of hydrogen-bond acceptors (Lipinski definition) is 2. The van der Waals surface area contributed by atoms with Gasteiger partial charge in [0.25, 0.3) is 0 Å². The molecule has 1 unspecified atom stereocenters. The number of allylic oxidation sites excluding steroid dienone is 3. The highest BCUT2D eigenvalue weighted by molar-refractivity contribution is 5.44. The Hall–Kier alpha value is -1.40. The Morgan fingerprint density at radius 3 is 2.54 bits per heavy atom. The van der Waals surface area contributed by atoms with Crippen molar-refractivity contribution in [2.24, 2.45) is 11.7 Å². The van der Waals surface area contributed by atoms with Crippen molar-refractivity contribution in [1.82, 2.24) is 0 Å². The quantitative estimate of drug-likeness (QED) is 0.532.